The lowest BCUT2D eigenvalue weighted by Crippen LogP contribution is -2.58. The van der Waals surface area contributed by atoms with Crippen LogP contribution in [0, 0.1) is 23.2 Å². The molecule has 1 saturated carbocycles. The zero-order chi connectivity index (χ0) is 22.1. The van der Waals surface area contributed by atoms with Gasteiger partial charge in [0.2, 0.25) is 17.6 Å². The molecule has 29 heavy (non-hydrogen) atoms. The molecule has 2 fully saturated rings. The van der Waals surface area contributed by atoms with Crippen LogP contribution in [0.4, 0.5) is 0 Å². The molecule has 5 N–H and O–H groups in total. The van der Waals surface area contributed by atoms with Gasteiger partial charge in [0, 0.05) is 6.54 Å². The van der Waals surface area contributed by atoms with Gasteiger partial charge in [0.1, 0.15) is 6.04 Å². The second-order valence-electron chi connectivity index (χ2n) is 9.99. The lowest BCUT2D eigenvalue weighted by Gasteiger charge is -2.35. The van der Waals surface area contributed by atoms with E-state index in [1.54, 1.807) is 4.90 Å². The fourth-order valence-corrected chi connectivity index (χ4v) is 3.99. The Bertz CT molecular complexity index is 666. The number of Topliss-reactive ketones (excluding diaryl/α,β-unsaturated/α-hetero) is 1. The van der Waals surface area contributed by atoms with Crippen LogP contribution in [0.15, 0.2) is 0 Å². The van der Waals surface area contributed by atoms with Gasteiger partial charge in [-0.25, -0.2) is 0 Å². The van der Waals surface area contributed by atoms with E-state index in [-0.39, 0.29) is 17.7 Å². The van der Waals surface area contributed by atoms with Crippen LogP contribution in [-0.2, 0) is 19.2 Å². The fraction of sp³-hybridized carbons (Fsp3) is 0.810. The third kappa shape index (κ3) is 5.56. The third-order valence-electron chi connectivity index (χ3n) is 6.19. The average Bonchev–Trinajstić information content (AvgIpc) is 3.31. The van der Waals surface area contributed by atoms with E-state index in [4.69, 9.17) is 11.5 Å². The predicted molar refractivity (Wildman–Crippen MR) is 109 cm³/mol. The molecule has 0 aromatic heterocycles. The molecule has 0 radical (unpaired) electrons. The Morgan fingerprint density at radius 1 is 1.10 bits per heavy atom. The summed E-state index contributed by atoms with van der Waals surface area (Å²) < 4.78 is 0. The number of likely N-dealkylation sites (tertiary alicyclic amines) is 1. The molecular weight excluding hydrogens is 372 g/mol. The Morgan fingerprint density at radius 3 is 2.14 bits per heavy atom. The molecule has 4 atom stereocenters. The number of carbonyl (C=O) groups is 4. The Balaban J connectivity index is 2.23. The van der Waals surface area contributed by atoms with Crippen LogP contribution in [0.25, 0.3) is 0 Å². The molecule has 2 rings (SSSR count). The van der Waals surface area contributed by atoms with Crippen molar-refractivity contribution in [2.24, 2.45) is 34.6 Å². The normalized spacial score (nSPS) is 24.3. The molecule has 1 saturated heterocycles. The summed E-state index contributed by atoms with van der Waals surface area (Å²) in [6.45, 7) is 10.1. The molecule has 1 unspecified atom stereocenters. The van der Waals surface area contributed by atoms with Crippen molar-refractivity contribution < 1.29 is 19.2 Å². The predicted octanol–water partition coefficient (Wildman–Crippen LogP) is 0.572. The number of carbonyl (C=O) groups excluding carboxylic acids is 4. The third-order valence-corrected chi connectivity index (χ3v) is 6.19. The molecule has 2 aliphatic rings. The zero-order valence-electron chi connectivity index (χ0n) is 18.2. The zero-order valence-corrected chi connectivity index (χ0v) is 18.2. The lowest BCUT2D eigenvalue weighted by atomic mass is 9.85. The molecule has 164 valence electrons. The standard InChI is InChI=1S/C21H36N4O4/c1-11(2)13-8-9-25(20(29)17(22)21(3,4)5)15(13)19(28)24-14(10-12-6-7-12)16(26)18(23)27/h11-15,17H,6-10,22H2,1-5H3,(H2,23,27)(H,24,28)/t13-,14?,15+,17-/m1/s1. The van der Waals surface area contributed by atoms with E-state index in [9.17, 15) is 19.2 Å². The number of nitrogens with zero attached hydrogens (tertiary/aromatic N) is 1. The van der Waals surface area contributed by atoms with Crippen LogP contribution in [0.3, 0.4) is 0 Å². The van der Waals surface area contributed by atoms with E-state index < -0.39 is 41.1 Å². The van der Waals surface area contributed by atoms with Gasteiger partial charge in [-0.1, -0.05) is 47.5 Å². The first kappa shape index (κ1) is 23.3. The molecule has 8 heteroatoms. The van der Waals surface area contributed by atoms with Gasteiger partial charge >= 0.3 is 0 Å². The van der Waals surface area contributed by atoms with Crippen LogP contribution >= 0.6 is 0 Å². The molecule has 0 aromatic rings. The van der Waals surface area contributed by atoms with Gasteiger partial charge in [0.05, 0.1) is 12.1 Å². The second kappa shape index (κ2) is 8.81. The molecule has 0 aromatic carbocycles. The largest absolute Gasteiger partial charge is 0.363 e. The van der Waals surface area contributed by atoms with E-state index in [0.29, 0.717) is 25.3 Å². The van der Waals surface area contributed by atoms with Crippen LogP contribution < -0.4 is 16.8 Å². The summed E-state index contributed by atoms with van der Waals surface area (Å²) in [6, 6.07) is -2.38. The molecule has 1 aliphatic heterocycles. The first-order valence-corrected chi connectivity index (χ1v) is 10.5. The molecule has 1 heterocycles. The summed E-state index contributed by atoms with van der Waals surface area (Å²) >= 11 is 0. The van der Waals surface area contributed by atoms with Crippen molar-refractivity contribution in [1.29, 1.82) is 0 Å². The number of nitrogens with two attached hydrogens (primary N) is 2. The molecule has 8 nitrogen and oxygen atoms in total. The van der Waals surface area contributed by atoms with Crippen molar-refractivity contribution in [1.82, 2.24) is 10.2 Å². The van der Waals surface area contributed by atoms with E-state index in [0.717, 1.165) is 12.8 Å². The van der Waals surface area contributed by atoms with E-state index in [1.165, 1.54) is 0 Å². The van der Waals surface area contributed by atoms with E-state index in [1.807, 2.05) is 34.6 Å². The first-order chi connectivity index (χ1) is 13.3. The first-order valence-electron chi connectivity index (χ1n) is 10.5. The van der Waals surface area contributed by atoms with Crippen molar-refractivity contribution in [2.45, 2.75) is 78.4 Å². The molecular formula is C21H36N4O4. The molecule has 0 bridgehead atoms. The summed E-state index contributed by atoms with van der Waals surface area (Å²) in [7, 11) is 0. The number of amides is 3. The van der Waals surface area contributed by atoms with Crippen molar-refractivity contribution in [3.8, 4) is 0 Å². The summed E-state index contributed by atoms with van der Waals surface area (Å²) in [6.07, 6.45) is 3.04. The van der Waals surface area contributed by atoms with Gasteiger partial charge in [-0.05, 0) is 36.0 Å². The Hall–Kier alpha value is -1.96. The van der Waals surface area contributed by atoms with Crippen molar-refractivity contribution in [2.75, 3.05) is 6.54 Å². The average molecular weight is 409 g/mol. The summed E-state index contributed by atoms with van der Waals surface area (Å²) in [5.74, 6) is -2.06. The smallest absolute Gasteiger partial charge is 0.287 e. The summed E-state index contributed by atoms with van der Waals surface area (Å²) in [5, 5.41) is 2.73. The van der Waals surface area contributed by atoms with Gasteiger partial charge in [0.25, 0.3) is 5.91 Å². The van der Waals surface area contributed by atoms with Gasteiger partial charge < -0.3 is 21.7 Å². The highest BCUT2D eigenvalue weighted by Gasteiger charge is 2.46. The van der Waals surface area contributed by atoms with Crippen molar-refractivity contribution >= 4 is 23.5 Å². The number of ketones is 1. The van der Waals surface area contributed by atoms with Crippen LogP contribution in [0.1, 0.15) is 60.3 Å². The number of hydrogen-bond acceptors (Lipinski definition) is 5. The monoisotopic (exact) mass is 408 g/mol. The summed E-state index contributed by atoms with van der Waals surface area (Å²) in [5.41, 5.74) is 10.9. The van der Waals surface area contributed by atoms with E-state index in [2.05, 4.69) is 5.32 Å². The maximum absolute atomic E-state index is 13.2. The van der Waals surface area contributed by atoms with Crippen molar-refractivity contribution in [3.05, 3.63) is 0 Å². The molecule has 3 amide bonds. The van der Waals surface area contributed by atoms with Gasteiger partial charge in [0.15, 0.2) is 0 Å². The Kier molecular flexibility index (Phi) is 7.09. The van der Waals surface area contributed by atoms with Crippen LogP contribution in [0.5, 0.6) is 0 Å². The van der Waals surface area contributed by atoms with Crippen LogP contribution in [-0.4, -0.2) is 53.1 Å². The van der Waals surface area contributed by atoms with Gasteiger partial charge in [-0.15, -0.1) is 0 Å². The highest BCUT2D eigenvalue weighted by atomic mass is 16.2. The maximum Gasteiger partial charge on any atom is 0.287 e. The highest BCUT2D eigenvalue weighted by Crippen LogP contribution is 2.35. The summed E-state index contributed by atoms with van der Waals surface area (Å²) in [4.78, 5) is 51.5. The van der Waals surface area contributed by atoms with E-state index >= 15 is 0 Å². The second-order valence-corrected chi connectivity index (χ2v) is 9.99. The minimum atomic E-state index is -1.05. The Morgan fingerprint density at radius 2 is 1.69 bits per heavy atom. The quantitative estimate of drug-likeness (QED) is 0.505. The molecule has 0 spiro atoms. The maximum atomic E-state index is 13.2. The number of nitrogens with one attached hydrogen (secondary N) is 1. The number of hydrogen-bond donors (Lipinski definition) is 3. The lowest BCUT2D eigenvalue weighted by molar-refractivity contribution is -0.144. The van der Waals surface area contributed by atoms with Crippen molar-refractivity contribution in [3.63, 3.8) is 0 Å². The SMILES string of the molecule is CC(C)[C@H]1CCN(C(=O)[C@@H](N)C(C)(C)C)[C@@H]1C(=O)NC(CC1CC1)C(=O)C(N)=O. The number of primary amides is 1. The van der Waals surface area contributed by atoms with Gasteiger partial charge in [-0.3, -0.25) is 19.2 Å². The minimum absolute atomic E-state index is 0.0450. The molecule has 1 aliphatic carbocycles. The topological polar surface area (TPSA) is 136 Å². The fourth-order valence-electron chi connectivity index (χ4n) is 3.99. The van der Waals surface area contributed by atoms with Gasteiger partial charge in [-0.2, -0.15) is 0 Å². The number of rotatable bonds is 8. The highest BCUT2D eigenvalue weighted by molar-refractivity contribution is 6.37. The van der Waals surface area contributed by atoms with Crippen LogP contribution in [0.2, 0.25) is 0 Å². The minimum Gasteiger partial charge on any atom is -0.363 e. The Labute approximate surface area is 173 Å².